The van der Waals surface area contributed by atoms with Gasteiger partial charge in [0.2, 0.25) is 11.0 Å². The van der Waals surface area contributed by atoms with Crippen LogP contribution in [-0.4, -0.2) is 39.9 Å². The van der Waals surface area contributed by atoms with Crippen molar-refractivity contribution in [3.63, 3.8) is 0 Å². The predicted molar refractivity (Wildman–Crippen MR) is 102 cm³/mol. The molecule has 0 saturated heterocycles. The smallest absolute Gasteiger partial charge is 0.239 e. The normalized spacial score (nSPS) is 10.9. The van der Waals surface area contributed by atoms with Gasteiger partial charge < -0.3 is 5.32 Å². The first-order chi connectivity index (χ1) is 11.7. The number of benzene rings is 1. The number of fused-ring (bicyclic) bond motifs is 1. The van der Waals surface area contributed by atoms with E-state index in [0.717, 1.165) is 31.4 Å². The average Bonchev–Trinajstić information content (AvgIpc) is 3.20. The standard InChI is InChI=1S/C15H17N5OS3/c1-3-16-13-18-19-15(24-13)22-9-12(21)20(4-2)14-17-10-7-5-6-8-11(10)23-14/h5-8H,3-4,9H2,1-2H3,(H,16,18). The largest absolute Gasteiger partial charge is 0.360 e. The van der Waals surface area contributed by atoms with Crippen LogP contribution in [0.25, 0.3) is 10.2 Å². The second kappa shape index (κ2) is 7.91. The average molecular weight is 380 g/mol. The first-order valence-electron chi connectivity index (χ1n) is 7.57. The minimum atomic E-state index is 0.0294. The summed E-state index contributed by atoms with van der Waals surface area (Å²) in [5, 5.41) is 12.8. The minimum absolute atomic E-state index is 0.0294. The molecule has 0 aliphatic rings. The zero-order valence-corrected chi connectivity index (χ0v) is 15.8. The van der Waals surface area contributed by atoms with E-state index in [4.69, 9.17) is 0 Å². The van der Waals surface area contributed by atoms with Crippen LogP contribution in [0, 0.1) is 0 Å². The van der Waals surface area contributed by atoms with E-state index in [1.165, 1.54) is 23.1 Å². The minimum Gasteiger partial charge on any atom is -0.360 e. The Balaban J connectivity index is 1.67. The van der Waals surface area contributed by atoms with Crippen LogP contribution in [0.15, 0.2) is 28.6 Å². The van der Waals surface area contributed by atoms with Crippen molar-refractivity contribution >= 4 is 60.8 Å². The molecule has 2 heterocycles. The van der Waals surface area contributed by atoms with E-state index in [2.05, 4.69) is 20.5 Å². The van der Waals surface area contributed by atoms with Crippen molar-refractivity contribution in [2.75, 3.05) is 29.1 Å². The third-order valence-corrected chi connectivity index (χ3v) is 6.24. The summed E-state index contributed by atoms with van der Waals surface area (Å²) in [6.07, 6.45) is 0. The number of amides is 1. The first-order valence-corrected chi connectivity index (χ1v) is 10.2. The first kappa shape index (κ1) is 17.1. The number of rotatable bonds is 7. The van der Waals surface area contributed by atoms with Crippen LogP contribution in [0.5, 0.6) is 0 Å². The van der Waals surface area contributed by atoms with Crippen molar-refractivity contribution in [3.05, 3.63) is 24.3 Å². The quantitative estimate of drug-likeness (QED) is 0.631. The fraction of sp³-hybridized carbons (Fsp3) is 0.333. The van der Waals surface area contributed by atoms with E-state index in [1.807, 2.05) is 38.1 Å². The highest BCUT2D eigenvalue weighted by Crippen LogP contribution is 2.30. The Morgan fingerprint density at radius 3 is 2.83 bits per heavy atom. The molecule has 0 atom stereocenters. The molecular weight excluding hydrogens is 362 g/mol. The van der Waals surface area contributed by atoms with Crippen molar-refractivity contribution < 1.29 is 4.79 Å². The lowest BCUT2D eigenvalue weighted by atomic mass is 10.3. The molecule has 0 radical (unpaired) electrons. The number of thioether (sulfide) groups is 1. The van der Waals surface area contributed by atoms with Gasteiger partial charge in [0.25, 0.3) is 0 Å². The van der Waals surface area contributed by atoms with Gasteiger partial charge >= 0.3 is 0 Å². The molecule has 1 aromatic carbocycles. The maximum absolute atomic E-state index is 12.6. The van der Waals surface area contributed by atoms with Gasteiger partial charge in [-0.1, -0.05) is 46.6 Å². The van der Waals surface area contributed by atoms with Gasteiger partial charge in [-0.05, 0) is 26.0 Å². The summed E-state index contributed by atoms with van der Waals surface area (Å²) in [4.78, 5) is 18.9. The molecule has 1 N–H and O–H groups in total. The zero-order valence-electron chi connectivity index (χ0n) is 13.4. The van der Waals surface area contributed by atoms with Crippen LogP contribution in [0.1, 0.15) is 13.8 Å². The molecule has 24 heavy (non-hydrogen) atoms. The number of aromatic nitrogens is 3. The molecule has 3 aromatic rings. The van der Waals surface area contributed by atoms with Gasteiger partial charge in [-0.15, -0.1) is 10.2 Å². The van der Waals surface area contributed by atoms with Crippen LogP contribution in [-0.2, 0) is 4.79 Å². The maximum Gasteiger partial charge on any atom is 0.239 e. The fourth-order valence-electron chi connectivity index (χ4n) is 2.09. The Labute approximate surface area is 152 Å². The van der Waals surface area contributed by atoms with Crippen molar-refractivity contribution in [2.45, 2.75) is 18.2 Å². The number of anilines is 2. The van der Waals surface area contributed by atoms with Gasteiger partial charge in [-0.2, -0.15) is 0 Å². The van der Waals surface area contributed by atoms with Crippen LogP contribution in [0.4, 0.5) is 10.3 Å². The second-order valence-corrected chi connectivity index (χ2v) is 8.00. The number of nitrogens with zero attached hydrogens (tertiary/aromatic N) is 4. The zero-order chi connectivity index (χ0) is 16.9. The van der Waals surface area contributed by atoms with E-state index in [1.54, 1.807) is 16.2 Å². The van der Waals surface area contributed by atoms with Gasteiger partial charge in [-0.25, -0.2) is 4.98 Å². The summed E-state index contributed by atoms with van der Waals surface area (Å²) in [5.41, 5.74) is 0.927. The van der Waals surface area contributed by atoms with Gasteiger partial charge in [0.1, 0.15) is 0 Å². The summed E-state index contributed by atoms with van der Waals surface area (Å²) in [7, 11) is 0. The van der Waals surface area contributed by atoms with Crippen molar-refractivity contribution in [3.8, 4) is 0 Å². The highest BCUT2D eigenvalue weighted by molar-refractivity contribution is 8.01. The van der Waals surface area contributed by atoms with Crippen molar-refractivity contribution in [2.24, 2.45) is 0 Å². The van der Waals surface area contributed by atoms with Crippen molar-refractivity contribution in [1.82, 2.24) is 15.2 Å². The monoisotopic (exact) mass is 379 g/mol. The van der Waals surface area contributed by atoms with E-state index in [9.17, 15) is 4.79 Å². The lowest BCUT2D eigenvalue weighted by molar-refractivity contribution is -0.116. The topological polar surface area (TPSA) is 71.0 Å². The number of thiazole rings is 1. The van der Waals surface area contributed by atoms with Crippen LogP contribution < -0.4 is 10.2 Å². The second-order valence-electron chi connectivity index (χ2n) is 4.79. The number of para-hydroxylation sites is 1. The Bertz CT molecular complexity index is 798. The lowest BCUT2D eigenvalue weighted by Crippen LogP contribution is -2.31. The van der Waals surface area contributed by atoms with Gasteiger partial charge in [-0.3, -0.25) is 9.69 Å². The van der Waals surface area contributed by atoms with Crippen LogP contribution >= 0.6 is 34.4 Å². The summed E-state index contributed by atoms with van der Waals surface area (Å²) < 4.78 is 1.88. The Hall–Kier alpha value is -1.71. The number of carbonyl (C=O) groups excluding carboxylic acids is 1. The molecule has 2 aromatic heterocycles. The molecule has 0 fully saturated rings. The number of hydrogen-bond donors (Lipinski definition) is 1. The van der Waals surface area contributed by atoms with E-state index in [-0.39, 0.29) is 5.91 Å². The molecule has 0 aliphatic heterocycles. The molecule has 6 nitrogen and oxygen atoms in total. The van der Waals surface area contributed by atoms with E-state index >= 15 is 0 Å². The molecule has 9 heteroatoms. The molecule has 3 rings (SSSR count). The Kier molecular flexibility index (Phi) is 5.64. The number of carbonyl (C=O) groups is 1. The molecule has 0 aliphatic carbocycles. The molecule has 0 spiro atoms. The molecule has 0 saturated carbocycles. The van der Waals surface area contributed by atoms with Gasteiger partial charge in [0.15, 0.2) is 9.47 Å². The SMILES string of the molecule is CCNc1nnc(SCC(=O)N(CC)c2nc3ccccc3s2)s1. The summed E-state index contributed by atoms with van der Waals surface area (Å²) in [6, 6.07) is 7.92. The molecule has 126 valence electrons. The number of nitrogens with one attached hydrogen (secondary N) is 1. The molecule has 0 unspecified atom stereocenters. The van der Waals surface area contributed by atoms with Crippen molar-refractivity contribution in [1.29, 1.82) is 0 Å². The van der Waals surface area contributed by atoms with Crippen LogP contribution in [0.3, 0.4) is 0 Å². The number of hydrogen-bond acceptors (Lipinski definition) is 8. The fourth-order valence-corrected chi connectivity index (χ4v) is 4.83. The summed E-state index contributed by atoms with van der Waals surface area (Å²) in [5.74, 6) is 0.353. The highest BCUT2D eigenvalue weighted by Gasteiger charge is 2.19. The van der Waals surface area contributed by atoms with Gasteiger partial charge in [0.05, 0.1) is 16.0 Å². The third-order valence-electron chi connectivity index (χ3n) is 3.18. The summed E-state index contributed by atoms with van der Waals surface area (Å²) >= 11 is 4.42. The van der Waals surface area contributed by atoms with E-state index < -0.39 is 0 Å². The summed E-state index contributed by atoms with van der Waals surface area (Å²) in [6.45, 7) is 5.37. The van der Waals surface area contributed by atoms with Gasteiger partial charge in [0, 0.05) is 13.1 Å². The van der Waals surface area contributed by atoms with E-state index in [0.29, 0.717) is 12.3 Å². The Morgan fingerprint density at radius 2 is 2.08 bits per heavy atom. The highest BCUT2D eigenvalue weighted by atomic mass is 32.2. The molecule has 0 bridgehead atoms. The lowest BCUT2D eigenvalue weighted by Gasteiger charge is -2.16. The Morgan fingerprint density at radius 1 is 1.25 bits per heavy atom. The van der Waals surface area contributed by atoms with Crippen LogP contribution in [0.2, 0.25) is 0 Å². The third kappa shape index (κ3) is 3.85. The maximum atomic E-state index is 12.6. The predicted octanol–water partition coefficient (Wildman–Crippen LogP) is 3.72. The molecule has 1 amide bonds. The molecular formula is C15H17N5OS3.